The average molecular weight is 402 g/mol. The Labute approximate surface area is 176 Å². The number of carbonyl (C=O) groups excluding carboxylic acids is 2. The smallest absolute Gasteiger partial charge is 0.246 e. The molecule has 30 heavy (non-hydrogen) atoms. The Morgan fingerprint density at radius 3 is 2.60 bits per heavy atom. The normalized spacial score (nSPS) is 21.1. The van der Waals surface area contributed by atoms with Crippen molar-refractivity contribution in [3.05, 3.63) is 70.9 Å². The number of aryl methyl sites for hydroxylation is 1. The third-order valence-corrected chi connectivity index (χ3v) is 6.52. The molecule has 2 aromatic carbocycles. The Bertz CT molecular complexity index is 1120. The van der Waals surface area contributed by atoms with Gasteiger partial charge in [0.05, 0.1) is 12.6 Å². The van der Waals surface area contributed by atoms with E-state index < -0.39 is 6.04 Å². The first-order valence-corrected chi connectivity index (χ1v) is 10.8. The number of aromatic nitrogens is 1. The average Bonchev–Trinajstić information content (AvgIpc) is 3.13. The second-order valence-corrected chi connectivity index (χ2v) is 8.51. The van der Waals surface area contributed by atoms with Crippen LogP contribution in [-0.2, 0) is 16.0 Å². The van der Waals surface area contributed by atoms with Crippen molar-refractivity contribution in [1.82, 2.24) is 14.8 Å². The molecule has 1 saturated heterocycles. The number of carbonyl (C=O) groups is 2. The van der Waals surface area contributed by atoms with E-state index in [4.69, 9.17) is 0 Å². The minimum absolute atomic E-state index is 0.0329. The number of nitrogens with zero attached hydrogens (tertiary/aromatic N) is 2. The molecule has 2 atom stereocenters. The lowest BCUT2D eigenvalue weighted by molar-refractivity contribution is -0.158. The molecule has 1 N–H and O–H groups in total. The molecule has 5 nitrogen and oxygen atoms in total. The molecule has 2 amide bonds. The molecule has 154 valence electrons. The standard InChI is InChI=1S/C25H27N3O2/c1-3-4-13-27-15-22(29)28-21(25(27)30)14-19-18-7-5-6-8-20(18)26-23(19)24(28)17-11-9-16(2)10-12-17/h5-12,21,24,26H,3-4,13-15H2,1-2H3/t21-,24?/m1/s1. The summed E-state index contributed by atoms with van der Waals surface area (Å²) in [5, 5.41) is 1.15. The van der Waals surface area contributed by atoms with Crippen molar-refractivity contribution in [1.29, 1.82) is 0 Å². The predicted octanol–water partition coefficient (Wildman–Crippen LogP) is 3.96. The van der Waals surface area contributed by atoms with Crippen molar-refractivity contribution >= 4 is 22.7 Å². The Hall–Kier alpha value is -3.08. The van der Waals surface area contributed by atoms with Crippen LogP contribution >= 0.6 is 0 Å². The van der Waals surface area contributed by atoms with Gasteiger partial charge in [-0.15, -0.1) is 0 Å². The topological polar surface area (TPSA) is 56.4 Å². The number of fused-ring (bicyclic) bond motifs is 4. The Morgan fingerprint density at radius 1 is 1.07 bits per heavy atom. The van der Waals surface area contributed by atoms with Gasteiger partial charge < -0.3 is 14.8 Å². The van der Waals surface area contributed by atoms with Crippen LogP contribution in [0.5, 0.6) is 0 Å². The summed E-state index contributed by atoms with van der Waals surface area (Å²) in [5.74, 6) is 0.113. The second kappa shape index (κ2) is 7.31. The minimum Gasteiger partial charge on any atom is -0.356 e. The zero-order valence-electron chi connectivity index (χ0n) is 17.5. The van der Waals surface area contributed by atoms with Crippen LogP contribution in [0.4, 0.5) is 0 Å². The van der Waals surface area contributed by atoms with Crippen LogP contribution in [0, 0.1) is 6.92 Å². The van der Waals surface area contributed by atoms with Gasteiger partial charge in [0.25, 0.3) is 0 Å². The van der Waals surface area contributed by atoms with Crippen LogP contribution in [0.1, 0.15) is 48.2 Å². The molecule has 1 aromatic heterocycles. The highest BCUT2D eigenvalue weighted by atomic mass is 16.2. The maximum absolute atomic E-state index is 13.4. The lowest BCUT2D eigenvalue weighted by Gasteiger charge is -2.47. The van der Waals surface area contributed by atoms with E-state index in [9.17, 15) is 9.59 Å². The van der Waals surface area contributed by atoms with Crippen molar-refractivity contribution in [2.75, 3.05) is 13.1 Å². The summed E-state index contributed by atoms with van der Waals surface area (Å²) in [4.78, 5) is 34.0. The molecular formula is C25H27N3O2. The number of piperazine rings is 1. The van der Waals surface area contributed by atoms with Gasteiger partial charge >= 0.3 is 0 Å². The van der Waals surface area contributed by atoms with Crippen LogP contribution in [0.2, 0.25) is 0 Å². The Kier molecular flexibility index (Phi) is 4.61. The van der Waals surface area contributed by atoms with Crippen molar-refractivity contribution in [2.24, 2.45) is 0 Å². The number of hydrogen-bond donors (Lipinski definition) is 1. The number of hydrogen-bond acceptors (Lipinski definition) is 2. The van der Waals surface area contributed by atoms with Gasteiger partial charge in [0.15, 0.2) is 0 Å². The van der Waals surface area contributed by atoms with Crippen LogP contribution < -0.4 is 0 Å². The van der Waals surface area contributed by atoms with E-state index in [0.717, 1.165) is 40.6 Å². The van der Waals surface area contributed by atoms with E-state index in [1.54, 1.807) is 4.90 Å². The molecule has 0 radical (unpaired) electrons. The van der Waals surface area contributed by atoms with Crippen LogP contribution in [0.15, 0.2) is 48.5 Å². The highest BCUT2D eigenvalue weighted by molar-refractivity contribution is 5.97. The first kappa shape index (κ1) is 18.9. The van der Waals surface area contributed by atoms with Gasteiger partial charge in [-0.25, -0.2) is 0 Å². The summed E-state index contributed by atoms with van der Waals surface area (Å²) in [6.45, 7) is 4.99. The molecule has 0 bridgehead atoms. The van der Waals surface area contributed by atoms with E-state index >= 15 is 0 Å². The fourth-order valence-electron chi connectivity index (χ4n) is 4.96. The lowest BCUT2D eigenvalue weighted by Crippen LogP contribution is -2.63. The van der Waals surface area contributed by atoms with Crippen molar-refractivity contribution in [2.45, 2.75) is 45.2 Å². The van der Waals surface area contributed by atoms with E-state index in [1.165, 1.54) is 5.56 Å². The molecule has 1 fully saturated rings. The highest BCUT2D eigenvalue weighted by Crippen LogP contribution is 2.42. The van der Waals surface area contributed by atoms with E-state index in [0.29, 0.717) is 13.0 Å². The summed E-state index contributed by atoms with van der Waals surface area (Å²) < 4.78 is 0. The maximum Gasteiger partial charge on any atom is 0.246 e. The van der Waals surface area contributed by atoms with Crippen LogP contribution in [0.3, 0.4) is 0 Å². The molecule has 2 aliphatic heterocycles. The van der Waals surface area contributed by atoms with Gasteiger partial charge in [0, 0.05) is 29.6 Å². The van der Waals surface area contributed by atoms with Crippen molar-refractivity contribution in [3.63, 3.8) is 0 Å². The minimum atomic E-state index is -0.443. The van der Waals surface area contributed by atoms with Crippen molar-refractivity contribution < 1.29 is 9.59 Å². The van der Waals surface area contributed by atoms with Gasteiger partial charge in [0.1, 0.15) is 6.04 Å². The monoisotopic (exact) mass is 401 g/mol. The van der Waals surface area contributed by atoms with Gasteiger partial charge in [0.2, 0.25) is 11.8 Å². The lowest BCUT2D eigenvalue weighted by atomic mass is 9.86. The second-order valence-electron chi connectivity index (χ2n) is 8.51. The van der Waals surface area contributed by atoms with Gasteiger partial charge in [-0.2, -0.15) is 0 Å². The van der Waals surface area contributed by atoms with Crippen LogP contribution in [0.25, 0.3) is 10.9 Å². The number of para-hydroxylation sites is 1. The third-order valence-electron chi connectivity index (χ3n) is 6.52. The van der Waals surface area contributed by atoms with Crippen molar-refractivity contribution in [3.8, 4) is 0 Å². The van der Waals surface area contributed by atoms with E-state index in [2.05, 4.69) is 55.2 Å². The quantitative estimate of drug-likeness (QED) is 0.719. The zero-order valence-corrected chi connectivity index (χ0v) is 17.5. The summed E-state index contributed by atoms with van der Waals surface area (Å²) >= 11 is 0. The largest absolute Gasteiger partial charge is 0.356 e. The first-order chi connectivity index (χ1) is 14.6. The summed E-state index contributed by atoms with van der Waals surface area (Å²) in [5.41, 5.74) is 5.48. The summed E-state index contributed by atoms with van der Waals surface area (Å²) in [7, 11) is 0. The molecule has 0 aliphatic carbocycles. The Morgan fingerprint density at radius 2 is 1.83 bits per heavy atom. The molecule has 5 heteroatoms. The van der Waals surface area contributed by atoms with Gasteiger partial charge in [-0.05, 0) is 30.5 Å². The zero-order chi connectivity index (χ0) is 20.8. The molecule has 0 saturated carbocycles. The van der Waals surface area contributed by atoms with Crippen LogP contribution in [-0.4, -0.2) is 45.7 Å². The fraction of sp³-hybridized carbons (Fsp3) is 0.360. The fourth-order valence-corrected chi connectivity index (χ4v) is 4.96. The summed E-state index contributed by atoms with van der Waals surface area (Å²) in [6, 6.07) is 15.8. The van der Waals surface area contributed by atoms with E-state index in [1.807, 2.05) is 17.0 Å². The molecular weight excluding hydrogens is 374 g/mol. The number of benzene rings is 2. The number of aromatic amines is 1. The molecule has 3 aromatic rings. The molecule has 3 heterocycles. The number of H-pyrrole nitrogens is 1. The number of rotatable bonds is 4. The number of unbranched alkanes of at least 4 members (excludes halogenated alkanes) is 1. The number of nitrogens with one attached hydrogen (secondary N) is 1. The maximum atomic E-state index is 13.4. The third kappa shape index (κ3) is 2.92. The van der Waals surface area contributed by atoms with Gasteiger partial charge in [-0.3, -0.25) is 9.59 Å². The summed E-state index contributed by atoms with van der Waals surface area (Å²) in [6.07, 6.45) is 2.49. The number of amides is 2. The SMILES string of the molecule is CCCCN1CC(=O)N2C(c3ccc(C)cc3)c3[nH]c4ccccc4c3C[C@@H]2C1=O. The molecule has 2 aliphatic rings. The molecule has 5 rings (SSSR count). The van der Waals surface area contributed by atoms with Gasteiger partial charge in [-0.1, -0.05) is 61.4 Å². The van der Waals surface area contributed by atoms with E-state index in [-0.39, 0.29) is 24.4 Å². The first-order valence-electron chi connectivity index (χ1n) is 10.8. The predicted molar refractivity (Wildman–Crippen MR) is 117 cm³/mol. The molecule has 0 spiro atoms. The highest BCUT2D eigenvalue weighted by Gasteiger charge is 2.47. The Balaban J connectivity index is 1.66. The molecule has 1 unspecified atom stereocenters.